The summed E-state index contributed by atoms with van der Waals surface area (Å²) in [5.41, 5.74) is 3.54. The molecule has 0 saturated carbocycles. The second-order valence-electron chi connectivity index (χ2n) is 4.33. The third-order valence-electron chi connectivity index (χ3n) is 3.09. The maximum Gasteiger partial charge on any atom is 0.223 e. The van der Waals surface area contributed by atoms with Gasteiger partial charge in [0.15, 0.2) is 0 Å². The van der Waals surface area contributed by atoms with Crippen molar-refractivity contribution in [2.75, 3.05) is 11.9 Å². The molecule has 0 radical (unpaired) electrons. The lowest BCUT2D eigenvalue weighted by Crippen LogP contribution is -2.09. The van der Waals surface area contributed by atoms with Crippen LogP contribution in [0, 0.1) is 0 Å². The van der Waals surface area contributed by atoms with Gasteiger partial charge in [0.1, 0.15) is 0 Å². The van der Waals surface area contributed by atoms with Gasteiger partial charge >= 0.3 is 0 Å². The first-order chi connectivity index (χ1) is 8.81. The maximum absolute atomic E-state index is 4.68. The van der Waals surface area contributed by atoms with Gasteiger partial charge < -0.3 is 5.32 Å². The van der Waals surface area contributed by atoms with E-state index < -0.39 is 0 Å². The molecule has 0 bridgehead atoms. The van der Waals surface area contributed by atoms with Crippen molar-refractivity contribution in [3.05, 3.63) is 22.5 Å². The van der Waals surface area contributed by atoms with Gasteiger partial charge in [-0.2, -0.15) is 0 Å². The number of rotatable bonds is 3. The third-order valence-corrected chi connectivity index (χ3v) is 4.34. The Morgan fingerprint density at radius 1 is 1.28 bits per heavy atom. The lowest BCUT2D eigenvalue weighted by atomic mass is 10.00. The fourth-order valence-corrected chi connectivity index (χ4v) is 3.26. The summed E-state index contributed by atoms with van der Waals surface area (Å²) in [6.07, 6.45) is 4.97. The summed E-state index contributed by atoms with van der Waals surface area (Å²) < 4.78 is 0. The first-order valence-corrected chi connectivity index (χ1v) is 7.22. The van der Waals surface area contributed by atoms with Crippen molar-refractivity contribution in [2.45, 2.75) is 33.1 Å². The summed E-state index contributed by atoms with van der Waals surface area (Å²) in [5.74, 6) is 0.718. The standard InChI is InChI=1S/C13H16N4S/c1-3-10-16-9-6-5-8-7-15-13(14-4-2)17-11(8)12(9)18-10/h7H,3-6H2,1-2H3,(H,14,15,17). The Morgan fingerprint density at radius 3 is 2.94 bits per heavy atom. The molecule has 5 heteroatoms. The molecule has 1 N–H and O–H groups in total. The second-order valence-corrected chi connectivity index (χ2v) is 5.42. The minimum absolute atomic E-state index is 0.718. The minimum atomic E-state index is 0.718. The molecule has 0 aliphatic heterocycles. The van der Waals surface area contributed by atoms with Gasteiger partial charge in [0, 0.05) is 12.7 Å². The lowest BCUT2D eigenvalue weighted by Gasteiger charge is -2.14. The zero-order valence-corrected chi connectivity index (χ0v) is 11.5. The van der Waals surface area contributed by atoms with Crippen molar-refractivity contribution in [1.29, 1.82) is 0 Å². The number of fused-ring (bicyclic) bond motifs is 3. The molecular weight excluding hydrogens is 244 g/mol. The van der Waals surface area contributed by atoms with Crippen LogP contribution in [-0.4, -0.2) is 21.5 Å². The number of hydrogen-bond acceptors (Lipinski definition) is 5. The van der Waals surface area contributed by atoms with Crippen LogP contribution < -0.4 is 5.32 Å². The van der Waals surface area contributed by atoms with E-state index in [0.29, 0.717) is 0 Å². The second kappa shape index (κ2) is 4.65. The Labute approximate surface area is 111 Å². The van der Waals surface area contributed by atoms with Crippen molar-refractivity contribution in [1.82, 2.24) is 15.0 Å². The molecule has 4 nitrogen and oxygen atoms in total. The molecule has 0 fully saturated rings. The molecule has 2 aromatic rings. The number of aromatic nitrogens is 3. The van der Waals surface area contributed by atoms with Crippen LogP contribution in [0.2, 0.25) is 0 Å². The predicted octanol–water partition coefficient (Wildman–Crippen LogP) is 2.69. The Bertz CT molecular complexity index is 576. The van der Waals surface area contributed by atoms with Crippen LogP contribution in [0.3, 0.4) is 0 Å². The summed E-state index contributed by atoms with van der Waals surface area (Å²) in [6, 6.07) is 0. The van der Waals surface area contributed by atoms with E-state index in [4.69, 9.17) is 0 Å². The first kappa shape index (κ1) is 11.6. The molecule has 2 heterocycles. The monoisotopic (exact) mass is 260 g/mol. The van der Waals surface area contributed by atoms with E-state index in [0.717, 1.165) is 37.4 Å². The number of nitrogens with zero attached hydrogens (tertiary/aromatic N) is 3. The van der Waals surface area contributed by atoms with Crippen LogP contribution >= 0.6 is 11.3 Å². The Kier molecular flexibility index (Phi) is 2.99. The Hall–Kier alpha value is -1.49. The molecule has 0 aromatic carbocycles. The summed E-state index contributed by atoms with van der Waals surface area (Å²) in [7, 11) is 0. The summed E-state index contributed by atoms with van der Waals surface area (Å²) in [6.45, 7) is 5.04. The highest BCUT2D eigenvalue weighted by Crippen LogP contribution is 2.36. The molecule has 0 saturated heterocycles. The van der Waals surface area contributed by atoms with Crippen molar-refractivity contribution in [3.8, 4) is 10.6 Å². The van der Waals surface area contributed by atoms with Gasteiger partial charge in [-0.05, 0) is 31.7 Å². The number of thiazole rings is 1. The fourth-order valence-electron chi connectivity index (χ4n) is 2.19. The van der Waals surface area contributed by atoms with Crippen LogP contribution in [0.4, 0.5) is 5.95 Å². The molecule has 0 amide bonds. The summed E-state index contributed by atoms with van der Waals surface area (Å²) >= 11 is 1.78. The SMILES string of the molecule is CCNc1ncc2c(n1)-c1sc(CC)nc1CC2. The molecule has 0 spiro atoms. The van der Waals surface area contributed by atoms with Crippen LogP contribution in [0.15, 0.2) is 6.20 Å². The Balaban J connectivity index is 2.08. The quantitative estimate of drug-likeness (QED) is 0.922. The predicted molar refractivity (Wildman–Crippen MR) is 74.1 cm³/mol. The molecule has 0 atom stereocenters. The van der Waals surface area contributed by atoms with Gasteiger partial charge in [-0.3, -0.25) is 0 Å². The van der Waals surface area contributed by atoms with E-state index in [-0.39, 0.29) is 0 Å². The van der Waals surface area contributed by atoms with Crippen molar-refractivity contribution < 1.29 is 0 Å². The normalized spacial score (nSPS) is 13.0. The number of anilines is 1. The molecule has 2 aromatic heterocycles. The minimum Gasteiger partial charge on any atom is -0.354 e. The van der Waals surface area contributed by atoms with Gasteiger partial charge in [-0.15, -0.1) is 11.3 Å². The molecule has 94 valence electrons. The van der Waals surface area contributed by atoms with E-state index in [1.165, 1.54) is 21.1 Å². The molecule has 1 aliphatic carbocycles. The van der Waals surface area contributed by atoms with Gasteiger partial charge in [-0.1, -0.05) is 6.92 Å². The lowest BCUT2D eigenvalue weighted by molar-refractivity contribution is 0.876. The molecule has 18 heavy (non-hydrogen) atoms. The maximum atomic E-state index is 4.68. The average molecular weight is 260 g/mol. The number of hydrogen-bond donors (Lipinski definition) is 1. The number of aryl methyl sites for hydroxylation is 3. The highest BCUT2D eigenvalue weighted by atomic mass is 32.1. The largest absolute Gasteiger partial charge is 0.354 e. The highest BCUT2D eigenvalue weighted by Gasteiger charge is 2.22. The Morgan fingerprint density at radius 2 is 2.17 bits per heavy atom. The molecule has 1 aliphatic rings. The average Bonchev–Trinajstić information content (AvgIpc) is 2.82. The van der Waals surface area contributed by atoms with Crippen molar-refractivity contribution >= 4 is 17.3 Å². The third kappa shape index (κ3) is 1.88. The van der Waals surface area contributed by atoms with Crippen LogP contribution in [-0.2, 0) is 19.3 Å². The molecule has 0 unspecified atom stereocenters. The zero-order valence-electron chi connectivity index (χ0n) is 10.7. The number of nitrogens with one attached hydrogen (secondary N) is 1. The van der Waals surface area contributed by atoms with Gasteiger partial charge in [0.25, 0.3) is 0 Å². The van der Waals surface area contributed by atoms with E-state index in [1.54, 1.807) is 11.3 Å². The van der Waals surface area contributed by atoms with Crippen molar-refractivity contribution in [3.63, 3.8) is 0 Å². The van der Waals surface area contributed by atoms with E-state index in [9.17, 15) is 0 Å². The van der Waals surface area contributed by atoms with Gasteiger partial charge in [0.2, 0.25) is 5.95 Å². The zero-order chi connectivity index (χ0) is 12.5. The molecule has 3 rings (SSSR count). The van der Waals surface area contributed by atoms with Crippen LogP contribution in [0.5, 0.6) is 0 Å². The van der Waals surface area contributed by atoms with E-state index in [2.05, 4.69) is 34.1 Å². The summed E-state index contributed by atoms with van der Waals surface area (Å²) in [4.78, 5) is 14.9. The van der Waals surface area contributed by atoms with E-state index >= 15 is 0 Å². The van der Waals surface area contributed by atoms with Crippen molar-refractivity contribution in [2.24, 2.45) is 0 Å². The first-order valence-electron chi connectivity index (χ1n) is 6.40. The highest BCUT2D eigenvalue weighted by molar-refractivity contribution is 7.15. The topological polar surface area (TPSA) is 50.7 Å². The smallest absolute Gasteiger partial charge is 0.223 e. The van der Waals surface area contributed by atoms with Crippen LogP contribution in [0.25, 0.3) is 10.6 Å². The fraction of sp³-hybridized carbons (Fsp3) is 0.462. The van der Waals surface area contributed by atoms with E-state index in [1.807, 2.05) is 6.20 Å². The van der Waals surface area contributed by atoms with Gasteiger partial charge in [-0.25, -0.2) is 15.0 Å². The van der Waals surface area contributed by atoms with Gasteiger partial charge in [0.05, 0.1) is 21.3 Å². The van der Waals surface area contributed by atoms with Crippen LogP contribution in [0.1, 0.15) is 30.1 Å². The summed E-state index contributed by atoms with van der Waals surface area (Å²) in [5, 5.41) is 4.38. The molecular formula is C13H16N4S.